The van der Waals surface area contributed by atoms with E-state index in [9.17, 15) is 10.1 Å². The maximum absolute atomic E-state index is 9.89. The zero-order valence-electron chi connectivity index (χ0n) is 6.25. The van der Waals surface area contributed by atoms with Gasteiger partial charge in [0.15, 0.2) is 0 Å². The van der Waals surface area contributed by atoms with Crippen LogP contribution in [0.2, 0.25) is 0 Å². The Hall–Kier alpha value is -1.78. The quantitative estimate of drug-likeness (QED) is 0.382. The normalized spacial score (nSPS) is 10.3. The maximum atomic E-state index is 9.89. The number of hydrogen-bond acceptors (Lipinski definition) is 4. The highest BCUT2D eigenvalue weighted by Gasteiger charge is 1.89. The molecule has 62 valence electrons. The summed E-state index contributed by atoms with van der Waals surface area (Å²) in [4.78, 5) is 17.1. The molecule has 0 saturated heterocycles. The fourth-order valence-corrected chi connectivity index (χ4v) is 0.643. The number of pyridine rings is 1. The second-order valence-corrected chi connectivity index (χ2v) is 2.04. The summed E-state index contributed by atoms with van der Waals surface area (Å²) in [6.07, 6.45) is 4.40. The van der Waals surface area contributed by atoms with E-state index in [0.29, 0.717) is 5.69 Å². The molecule has 0 bridgehead atoms. The van der Waals surface area contributed by atoms with Gasteiger partial charge in [-0.1, -0.05) is 0 Å². The molecule has 1 rings (SSSR count). The number of hydrogen-bond donors (Lipinski definition) is 0. The molecule has 0 N–H and O–H groups in total. The minimum atomic E-state index is -0.445. The molecular weight excluding hydrogens is 158 g/mol. The van der Waals surface area contributed by atoms with Crippen molar-refractivity contribution in [3.8, 4) is 0 Å². The Labute approximate surface area is 68.9 Å². The first-order chi connectivity index (χ1) is 5.79. The topological polar surface area (TPSA) is 68.4 Å². The summed E-state index contributed by atoms with van der Waals surface area (Å²) in [5.74, 6) is 0. The Morgan fingerprint density at radius 3 is 3.17 bits per heavy atom. The van der Waals surface area contributed by atoms with Crippen LogP contribution in [0.1, 0.15) is 0 Å². The molecule has 0 radical (unpaired) electrons. The van der Waals surface area contributed by atoms with Crippen molar-refractivity contribution in [2.75, 3.05) is 6.54 Å². The van der Waals surface area contributed by atoms with Gasteiger partial charge in [0.1, 0.15) is 0 Å². The van der Waals surface area contributed by atoms with Crippen LogP contribution >= 0.6 is 0 Å². The van der Waals surface area contributed by atoms with E-state index in [0.717, 1.165) is 0 Å². The molecule has 1 heterocycles. The van der Waals surface area contributed by atoms with Gasteiger partial charge in [-0.15, -0.1) is 0 Å². The Bertz CT molecular complexity index is 284. The summed E-state index contributed by atoms with van der Waals surface area (Å²) in [7, 11) is 0. The second-order valence-electron chi connectivity index (χ2n) is 2.04. The predicted octanol–water partition coefficient (Wildman–Crippen LogP) is 1.06. The number of nitro groups is 1. The molecule has 0 saturated carbocycles. The highest BCUT2D eigenvalue weighted by Crippen LogP contribution is 2.05. The van der Waals surface area contributed by atoms with Crippen LogP contribution in [-0.2, 0) is 0 Å². The van der Waals surface area contributed by atoms with E-state index in [1.807, 2.05) is 0 Å². The molecule has 1 aromatic heterocycles. The average molecular weight is 165 g/mol. The minimum absolute atomic E-state index is 0.255. The minimum Gasteiger partial charge on any atom is -0.264 e. The second kappa shape index (κ2) is 4.17. The van der Waals surface area contributed by atoms with Gasteiger partial charge in [-0.3, -0.25) is 20.1 Å². The van der Waals surface area contributed by atoms with Crippen LogP contribution in [0.5, 0.6) is 0 Å². The zero-order chi connectivity index (χ0) is 8.81. The molecule has 0 unspecified atom stereocenters. The van der Waals surface area contributed by atoms with Crippen LogP contribution < -0.4 is 0 Å². The Kier molecular flexibility index (Phi) is 2.89. The smallest absolute Gasteiger partial charge is 0.238 e. The molecule has 0 aliphatic carbocycles. The summed E-state index contributed by atoms with van der Waals surface area (Å²) in [6.45, 7) is -0.255. The third-order valence-electron chi connectivity index (χ3n) is 1.12. The largest absolute Gasteiger partial charge is 0.264 e. The van der Waals surface area contributed by atoms with Gasteiger partial charge in [-0.05, 0) is 12.1 Å². The average Bonchev–Trinajstić information content (AvgIpc) is 2.05. The first-order valence-electron chi connectivity index (χ1n) is 3.33. The van der Waals surface area contributed by atoms with Crippen molar-refractivity contribution in [3.63, 3.8) is 0 Å². The lowest BCUT2D eigenvalue weighted by Gasteiger charge is -1.88. The third kappa shape index (κ3) is 2.87. The van der Waals surface area contributed by atoms with Crippen molar-refractivity contribution in [2.24, 2.45) is 4.99 Å². The van der Waals surface area contributed by atoms with E-state index in [1.54, 1.807) is 18.3 Å². The molecule has 0 spiro atoms. The fourth-order valence-electron chi connectivity index (χ4n) is 0.643. The van der Waals surface area contributed by atoms with Gasteiger partial charge in [0, 0.05) is 11.1 Å². The Morgan fingerprint density at radius 2 is 2.58 bits per heavy atom. The standard InChI is InChI=1S/C7H7N3O2/c11-10(12)5-4-9-7-2-1-3-8-6-7/h1-4,6H,5H2. The first-order valence-corrected chi connectivity index (χ1v) is 3.33. The van der Waals surface area contributed by atoms with Crippen LogP contribution in [0.25, 0.3) is 0 Å². The third-order valence-corrected chi connectivity index (χ3v) is 1.12. The highest BCUT2D eigenvalue weighted by molar-refractivity contribution is 5.63. The molecule has 0 aliphatic rings. The molecule has 0 atom stereocenters. The van der Waals surface area contributed by atoms with E-state index in [-0.39, 0.29) is 6.54 Å². The number of aromatic nitrogens is 1. The molecule has 0 fully saturated rings. The summed E-state index contributed by atoms with van der Waals surface area (Å²) >= 11 is 0. The molecule has 1 aromatic rings. The van der Waals surface area contributed by atoms with E-state index in [2.05, 4.69) is 9.98 Å². The van der Waals surface area contributed by atoms with Crippen LogP contribution in [0.4, 0.5) is 5.69 Å². The van der Waals surface area contributed by atoms with Crippen molar-refractivity contribution in [2.45, 2.75) is 0 Å². The van der Waals surface area contributed by atoms with Crippen LogP contribution in [0, 0.1) is 10.1 Å². The monoisotopic (exact) mass is 165 g/mol. The Balaban J connectivity index is 2.52. The molecule has 0 aliphatic heterocycles. The number of rotatable bonds is 3. The van der Waals surface area contributed by atoms with Gasteiger partial charge in [0.05, 0.1) is 18.1 Å². The van der Waals surface area contributed by atoms with Gasteiger partial charge in [0.2, 0.25) is 6.54 Å². The lowest BCUT2D eigenvalue weighted by atomic mass is 10.4. The van der Waals surface area contributed by atoms with Crippen molar-refractivity contribution in [1.82, 2.24) is 4.98 Å². The van der Waals surface area contributed by atoms with Gasteiger partial charge < -0.3 is 0 Å². The van der Waals surface area contributed by atoms with Gasteiger partial charge in [0.25, 0.3) is 0 Å². The van der Waals surface area contributed by atoms with Crippen LogP contribution in [0.3, 0.4) is 0 Å². The van der Waals surface area contributed by atoms with Gasteiger partial charge in [-0.25, -0.2) is 0 Å². The van der Waals surface area contributed by atoms with Gasteiger partial charge in [-0.2, -0.15) is 0 Å². The molecule has 5 nitrogen and oxygen atoms in total. The van der Waals surface area contributed by atoms with Crippen LogP contribution in [0.15, 0.2) is 29.5 Å². The highest BCUT2D eigenvalue weighted by atomic mass is 16.6. The van der Waals surface area contributed by atoms with Crippen molar-refractivity contribution in [3.05, 3.63) is 34.6 Å². The molecule has 5 heteroatoms. The summed E-state index contributed by atoms with van der Waals surface area (Å²) in [5, 5.41) is 9.89. The summed E-state index contributed by atoms with van der Waals surface area (Å²) in [5.41, 5.74) is 0.624. The summed E-state index contributed by atoms with van der Waals surface area (Å²) < 4.78 is 0. The first kappa shape index (κ1) is 8.32. The Morgan fingerprint density at radius 1 is 1.75 bits per heavy atom. The predicted molar refractivity (Wildman–Crippen MR) is 44.3 cm³/mol. The lowest BCUT2D eigenvalue weighted by molar-refractivity contribution is -0.462. The molecular formula is C7H7N3O2. The van der Waals surface area contributed by atoms with Crippen molar-refractivity contribution < 1.29 is 4.92 Å². The van der Waals surface area contributed by atoms with E-state index < -0.39 is 4.92 Å². The molecule has 0 aromatic carbocycles. The summed E-state index contributed by atoms with van der Waals surface area (Å²) in [6, 6.07) is 3.45. The van der Waals surface area contributed by atoms with E-state index in [4.69, 9.17) is 0 Å². The van der Waals surface area contributed by atoms with Crippen molar-refractivity contribution >= 4 is 11.9 Å². The fraction of sp³-hybridized carbons (Fsp3) is 0.143. The number of nitrogens with zero attached hydrogens (tertiary/aromatic N) is 3. The maximum Gasteiger partial charge on any atom is 0.238 e. The molecule has 0 amide bonds. The van der Waals surface area contributed by atoms with Crippen LogP contribution in [-0.4, -0.2) is 22.7 Å². The van der Waals surface area contributed by atoms with E-state index in [1.165, 1.54) is 12.4 Å². The van der Waals surface area contributed by atoms with Crippen molar-refractivity contribution in [1.29, 1.82) is 0 Å². The number of aliphatic imine (C=N–C) groups is 1. The lowest BCUT2D eigenvalue weighted by Crippen LogP contribution is -2.00. The van der Waals surface area contributed by atoms with Gasteiger partial charge >= 0.3 is 0 Å². The molecule has 12 heavy (non-hydrogen) atoms. The zero-order valence-corrected chi connectivity index (χ0v) is 6.25. The van der Waals surface area contributed by atoms with E-state index >= 15 is 0 Å². The SMILES string of the molecule is O=[N+]([O-])CC=Nc1cccnc1.